The highest BCUT2D eigenvalue weighted by molar-refractivity contribution is 5.82. The molecule has 5 heteroatoms. The van der Waals surface area contributed by atoms with Crippen molar-refractivity contribution in [1.29, 1.82) is 0 Å². The minimum Gasteiger partial charge on any atom is -0.370 e. The summed E-state index contributed by atoms with van der Waals surface area (Å²) in [5.41, 5.74) is 7.51. The van der Waals surface area contributed by atoms with E-state index in [2.05, 4.69) is 22.8 Å². The Kier molecular flexibility index (Phi) is 4.52. The third-order valence-electron chi connectivity index (χ3n) is 3.30. The van der Waals surface area contributed by atoms with Crippen molar-refractivity contribution in [1.82, 2.24) is 10.6 Å². The fourth-order valence-corrected chi connectivity index (χ4v) is 2.24. The molecule has 2 amide bonds. The molecular weight excluding hydrogens is 242 g/mol. The van der Waals surface area contributed by atoms with Gasteiger partial charge in [0.1, 0.15) is 0 Å². The van der Waals surface area contributed by atoms with Crippen LogP contribution < -0.4 is 16.4 Å². The van der Waals surface area contributed by atoms with Gasteiger partial charge in [0.2, 0.25) is 11.8 Å². The molecule has 0 bridgehead atoms. The molecule has 0 fully saturated rings. The quantitative estimate of drug-likeness (QED) is 0.656. The lowest BCUT2D eigenvalue weighted by Crippen LogP contribution is -2.47. The van der Waals surface area contributed by atoms with Gasteiger partial charge in [0.05, 0.1) is 6.04 Å². The summed E-state index contributed by atoms with van der Waals surface area (Å²) in [5.74, 6) is -0.349. The van der Waals surface area contributed by atoms with Gasteiger partial charge in [0, 0.05) is 19.5 Å². The molecular formula is C14H19N3O2. The summed E-state index contributed by atoms with van der Waals surface area (Å²) in [5, 5.41) is 6.05. The van der Waals surface area contributed by atoms with Crippen molar-refractivity contribution in [2.75, 3.05) is 6.54 Å². The molecule has 1 aliphatic rings. The first-order valence-electron chi connectivity index (χ1n) is 6.53. The van der Waals surface area contributed by atoms with Crippen LogP contribution in [-0.2, 0) is 22.6 Å². The van der Waals surface area contributed by atoms with E-state index in [1.54, 1.807) is 0 Å². The largest absolute Gasteiger partial charge is 0.370 e. The van der Waals surface area contributed by atoms with Gasteiger partial charge in [-0.2, -0.15) is 0 Å². The molecule has 2 rings (SSSR count). The van der Waals surface area contributed by atoms with Crippen LogP contribution in [0.25, 0.3) is 0 Å². The number of carbonyl (C=O) groups excluding carboxylic acids is 2. The van der Waals surface area contributed by atoms with Gasteiger partial charge in [-0.3, -0.25) is 9.59 Å². The molecule has 0 spiro atoms. The Balaban J connectivity index is 1.80. The topological polar surface area (TPSA) is 84.2 Å². The van der Waals surface area contributed by atoms with Crippen LogP contribution >= 0.6 is 0 Å². The smallest absolute Gasteiger partial charge is 0.237 e. The lowest BCUT2D eigenvalue weighted by Gasteiger charge is -2.25. The third-order valence-corrected chi connectivity index (χ3v) is 3.30. The van der Waals surface area contributed by atoms with Gasteiger partial charge >= 0.3 is 0 Å². The summed E-state index contributed by atoms with van der Waals surface area (Å²) in [6.45, 7) is 1.21. The molecule has 0 radical (unpaired) electrons. The van der Waals surface area contributed by atoms with Crippen molar-refractivity contribution in [3.05, 3.63) is 35.4 Å². The first-order valence-corrected chi connectivity index (χ1v) is 6.53. The van der Waals surface area contributed by atoms with Gasteiger partial charge in [-0.25, -0.2) is 0 Å². The Morgan fingerprint density at radius 2 is 2.05 bits per heavy atom. The van der Waals surface area contributed by atoms with Crippen LogP contribution in [0.3, 0.4) is 0 Å². The van der Waals surface area contributed by atoms with Gasteiger partial charge in [-0.15, -0.1) is 0 Å². The van der Waals surface area contributed by atoms with Crippen LogP contribution in [0.1, 0.15) is 24.0 Å². The number of hydrogen-bond donors (Lipinski definition) is 3. The standard InChI is InChI=1S/C14H19N3O2/c15-13(18)6-3-7-16-14(19)12-8-10-4-1-2-5-11(10)9-17-12/h1-2,4-5,12,17H,3,6-9H2,(H2,15,18)(H,16,19)/t12-/m1/s1. The average Bonchev–Trinajstić information content (AvgIpc) is 2.42. The van der Waals surface area contributed by atoms with E-state index in [4.69, 9.17) is 5.73 Å². The number of amides is 2. The van der Waals surface area contributed by atoms with Crippen molar-refractivity contribution in [3.63, 3.8) is 0 Å². The molecule has 0 unspecified atom stereocenters. The summed E-state index contributed by atoms with van der Waals surface area (Å²) in [6.07, 6.45) is 1.60. The Bertz CT molecular complexity index is 474. The number of rotatable bonds is 5. The zero-order chi connectivity index (χ0) is 13.7. The van der Waals surface area contributed by atoms with E-state index in [1.807, 2.05) is 12.1 Å². The van der Waals surface area contributed by atoms with Crippen LogP contribution in [0, 0.1) is 0 Å². The summed E-state index contributed by atoms with van der Waals surface area (Å²) in [7, 11) is 0. The third kappa shape index (κ3) is 3.79. The Morgan fingerprint density at radius 1 is 1.32 bits per heavy atom. The van der Waals surface area contributed by atoms with Gasteiger partial charge in [0.25, 0.3) is 0 Å². The van der Waals surface area contributed by atoms with Crippen molar-refractivity contribution in [3.8, 4) is 0 Å². The summed E-state index contributed by atoms with van der Waals surface area (Å²) in [4.78, 5) is 22.5. The minimum atomic E-state index is -0.334. The number of hydrogen-bond acceptors (Lipinski definition) is 3. The Hall–Kier alpha value is -1.88. The molecule has 0 saturated heterocycles. The highest BCUT2D eigenvalue weighted by atomic mass is 16.2. The number of nitrogens with two attached hydrogens (primary N) is 1. The fraction of sp³-hybridized carbons (Fsp3) is 0.429. The normalized spacial score (nSPS) is 17.6. The van der Waals surface area contributed by atoms with Crippen molar-refractivity contribution >= 4 is 11.8 Å². The molecule has 19 heavy (non-hydrogen) atoms. The van der Waals surface area contributed by atoms with E-state index >= 15 is 0 Å². The number of nitrogens with one attached hydrogen (secondary N) is 2. The van der Waals surface area contributed by atoms with Crippen molar-refractivity contribution in [2.24, 2.45) is 5.73 Å². The second-order valence-electron chi connectivity index (χ2n) is 4.77. The maximum absolute atomic E-state index is 12.0. The zero-order valence-corrected chi connectivity index (χ0v) is 10.8. The highest BCUT2D eigenvalue weighted by Crippen LogP contribution is 2.16. The van der Waals surface area contributed by atoms with E-state index in [-0.39, 0.29) is 17.9 Å². The molecule has 1 aliphatic heterocycles. The molecule has 1 atom stereocenters. The number of benzene rings is 1. The van der Waals surface area contributed by atoms with Crippen molar-refractivity contribution in [2.45, 2.75) is 31.8 Å². The molecule has 0 aliphatic carbocycles. The fourth-order valence-electron chi connectivity index (χ4n) is 2.24. The predicted octanol–water partition coefficient (Wildman–Crippen LogP) is 0.0826. The number of fused-ring (bicyclic) bond motifs is 1. The van der Waals surface area contributed by atoms with Crippen molar-refractivity contribution < 1.29 is 9.59 Å². The van der Waals surface area contributed by atoms with E-state index in [0.717, 1.165) is 6.54 Å². The first-order chi connectivity index (χ1) is 9.16. The van der Waals surface area contributed by atoms with Crippen LogP contribution in [0.2, 0.25) is 0 Å². The van der Waals surface area contributed by atoms with Crippen LogP contribution in [-0.4, -0.2) is 24.4 Å². The van der Waals surface area contributed by atoms with E-state index in [9.17, 15) is 9.59 Å². The molecule has 1 heterocycles. The van der Waals surface area contributed by atoms with E-state index in [1.165, 1.54) is 11.1 Å². The Labute approximate surface area is 112 Å². The monoisotopic (exact) mass is 261 g/mol. The van der Waals surface area contributed by atoms with Crippen LogP contribution in [0.15, 0.2) is 24.3 Å². The summed E-state index contributed by atoms with van der Waals surface area (Å²) < 4.78 is 0. The maximum Gasteiger partial charge on any atom is 0.237 e. The summed E-state index contributed by atoms with van der Waals surface area (Å²) >= 11 is 0. The van der Waals surface area contributed by atoms with Gasteiger partial charge in [-0.1, -0.05) is 24.3 Å². The predicted molar refractivity (Wildman–Crippen MR) is 72.2 cm³/mol. The molecule has 1 aromatic rings. The SMILES string of the molecule is NC(=O)CCCNC(=O)[C@H]1Cc2ccccc2CN1. The molecule has 0 saturated carbocycles. The molecule has 1 aromatic carbocycles. The van der Waals surface area contributed by atoms with Crippen LogP contribution in [0.4, 0.5) is 0 Å². The minimum absolute atomic E-state index is 0.0148. The lowest BCUT2D eigenvalue weighted by molar-refractivity contribution is -0.123. The van der Waals surface area contributed by atoms with Gasteiger partial charge < -0.3 is 16.4 Å². The van der Waals surface area contributed by atoms with E-state index < -0.39 is 0 Å². The second-order valence-corrected chi connectivity index (χ2v) is 4.77. The van der Waals surface area contributed by atoms with Gasteiger partial charge in [0.15, 0.2) is 0 Å². The molecule has 102 valence electrons. The first kappa shape index (κ1) is 13.5. The second kappa shape index (κ2) is 6.33. The zero-order valence-electron chi connectivity index (χ0n) is 10.8. The van der Waals surface area contributed by atoms with E-state index in [0.29, 0.717) is 25.8 Å². The number of primary amides is 1. The Morgan fingerprint density at radius 3 is 2.79 bits per heavy atom. The summed E-state index contributed by atoms with van der Waals surface area (Å²) in [6, 6.07) is 7.94. The molecule has 0 aromatic heterocycles. The number of carbonyl (C=O) groups is 2. The molecule has 5 nitrogen and oxygen atoms in total. The highest BCUT2D eigenvalue weighted by Gasteiger charge is 2.23. The molecule has 4 N–H and O–H groups in total. The average molecular weight is 261 g/mol. The van der Waals surface area contributed by atoms with Gasteiger partial charge in [-0.05, 0) is 24.0 Å². The van der Waals surface area contributed by atoms with Crippen LogP contribution in [0.5, 0.6) is 0 Å². The lowest BCUT2D eigenvalue weighted by atomic mass is 9.95. The maximum atomic E-state index is 12.0.